The standard InChI is InChI=1S/C15H26ClN3S2/c1-6-17-13(14-8-20-10(3)11(4)21-14)7-12-9(2)18-19(5)15(12)16/h10-11,13-14,17H,6-8H2,1-5H3. The number of hydrogen-bond donors (Lipinski definition) is 1. The molecule has 21 heavy (non-hydrogen) atoms. The van der Waals surface area contributed by atoms with Gasteiger partial charge in [-0.05, 0) is 19.9 Å². The normalized spacial score (nSPS) is 27.8. The van der Waals surface area contributed by atoms with Crippen molar-refractivity contribution in [2.24, 2.45) is 7.05 Å². The quantitative estimate of drug-likeness (QED) is 0.882. The lowest BCUT2D eigenvalue weighted by Gasteiger charge is -2.36. The van der Waals surface area contributed by atoms with Crippen molar-refractivity contribution in [1.82, 2.24) is 15.1 Å². The Morgan fingerprint density at radius 3 is 2.67 bits per heavy atom. The minimum atomic E-state index is 0.461. The van der Waals surface area contributed by atoms with Gasteiger partial charge in [-0.3, -0.25) is 4.68 Å². The summed E-state index contributed by atoms with van der Waals surface area (Å²) in [5.74, 6) is 1.21. The van der Waals surface area contributed by atoms with Crippen molar-refractivity contribution in [1.29, 1.82) is 0 Å². The van der Waals surface area contributed by atoms with Crippen molar-refractivity contribution in [2.75, 3.05) is 12.3 Å². The first-order valence-corrected chi connectivity index (χ1v) is 9.99. The van der Waals surface area contributed by atoms with Gasteiger partial charge < -0.3 is 5.32 Å². The molecular formula is C15H26ClN3S2. The number of thioether (sulfide) groups is 2. The summed E-state index contributed by atoms with van der Waals surface area (Å²) in [4.78, 5) is 0. The Labute approximate surface area is 142 Å². The van der Waals surface area contributed by atoms with Gasteiger partial charge in [-0.1, -0.05) is 32.4 Å². The van der Waals surface area contributed by atoms with Crippen molar-refractivity contribution >= 4 is 35.1 Å². The van der Waals surface area contributed by atoms with E-state index in [9.17, 15) is 0 Å². The van der Waals surface area contributed by atoms with E-state index in [1.54, 1.807) is 4.68 Å². The molecule has 1 N–H and O–H groups in total. The fraction of sp³-hybridized carbons (Fsp3) is 0.800. The summed E-state index contributed by atoms with van der Waals surface area (Å²) in [7, 11) is 1.91. The lowest BCUT2D eigenvalue weighted by Crippen LogP contribution is -2.44. The van der Waals surface area contributed by atoms with E-state index in [0.29, 0.717) is 16.5 Å². The number of aryl methyl sites for hydroxylation is 2. The molecule has 6 heteroatoms. The van der Waals surface area contributed by atoms with Crippen molar-refractivity contribution < 1.29 is 0 Å². The molecule has 1 saturated heterocycles. The highest BCUT2D eigenvalue weighted by atomic mass is 35.5. The van der Waals surface area contributed by atoms with Crippen LogP contribution in [-0.4, -0.2) is 43.9 Å². The molecule has 1 aromatic rings. The number of nitrogens with zero attached hydrogens (tertiary/aromatic N) is 2. The number of halogens is 1. The van der Waals surface area contributed by atoms with Gasteiger partial charge in [0.25, 0.3) is 0 Å². The molecule has 0 radical (unpaired) electrons. The van der Waals surface area contributed by atoms with E-state index in [2.05, 4.69) is 61.6 Å². The first-order valence-electron chi connectivity index (χ1n) is 7.62. The highest BCUT2D eigenvalue weighted by Gasteiger charge is 2.32. The second kappa shape index (κ2) is 7.62. The third-order valence-corrected chi connectivity index (χ3v) is 8.21. The van der Waals surface area contributed by atoms with Crippen molar-refractivity contribution in [2.45, 2.75) is 55.9 Å². The molecule has 1 aliphatic heterocycles. The summed E-state index contributed by atoms with van der Waals surface area (Å²) in [5.41, 5.74) is 2.25. The monoisotopic (exact) mass is 347 g/mol. The minimum absolute atomic E-state index is 0.461. The maximum absolute atomic E-state index is 6.41. The van der Waals surface area contributed by atoms with Crippen LogP contribution in [0.3, 0.4) is 0 Å². The van der Waals surface area contributed by atoms with Crippen molar-refractivity contribution in [3.05, 3.63) is 16.4 Å². The van der Waals surface area contributed by atoms with Crippen LogP contribution in [0, 0.1) is 6.92 Å². The number of aromatic nitrogens is 2. The number of likely N-dealkylation sites (N-methyl/N-ethyl adjacent to an activating group) is 1. The summed E-state index contributed by atoms with van der Waals surface area (Å²) in [6, 6.07) is 0.461. The van der Waals surface area contributed by atoms with Crippen LogP contribution in [0.5, 0.6) is 0 Å². The van der Waals surface area contributed by atoms with Crippen molar-refractivity contribution in [3.8, 4) is 0 Å². The molecule has 0 saturated carbocycles. The van der Waals surface area contributed by atoms with Crippen LogP contribution in [0.25, 0.3) is 0 Å². The van der Waals surface area contributed by atoms with Gasteiger partial charge in [0.15, 0.2) is 0 Å². The zero-order chi connectivity index (χ0) is 15.6. The second-order valence-corrected chi connectivity index (χ2v) is 9.15. The minimum Gasteiger partial charge on any atom is -0.313 e. The fourth-order valence-electron chi connectivity index (χ4n) is 2.74. The molecule has 4 unspecified atom stereocenters. The maximum Gasteiger partial charge on any atom is 0.130 e. The Balaban J connectivity index is 2.12. The molecule has 4 atom stereocenters. The zero-order valence-electron chi connectivity index (χ0n) is 13.5. The molecule has 0 amide bonds. The predicted octanol–water partition coefficient (Wildman–Crippen LogP) is 3.53. The summed E-state index contributed by atoms with van der Waals surface area (Å²) in [6.07, 6.45) is 0.964. The van der Waals surface area contributed by atoms with Crippen molar-refractivity contribution in [3.63, 3.8) is 0 Å². The zero-order valence-corrected chi connectivity index (χ0v) is 15.9. The average molecular weight is 348 g/mol. The molecule has 1 aliphatic rings. The largest absolute Gasteiger partial charge is 0.313 e. The molecule has 120 valence electrons. The summed E-state index contributed by atoms with van der Waals surface area (Å²) in [6.45, 7) is 9.91. The molecule has 0 bridgehead atoms. The van der Waals surface area contributed by atoms with E-state index in [0.717, 1.165) is 29.1 Å². The van der Waals surface area contributed by atoms with Crippen LogP contribution in [-0.2, 0) is 13.5 Å². The molecule has 2 heterocycles. The molecule has 0 aromatic carbocycles. The Hall–Kier alpha value is 0.160. The van der Waals surface area contributed by atoms with Crippen LogP contribution in [0.15, 0.2) is 0 Å². The first-order chi connectivity index (χ1) is 9.93. The highest BCUT2D eigenvalue weighted by Crippen LogP contribution is 2.38. The van der Waals surface area contributed by atoms with Crippen LogP contribution >= 0.6 is 35.1 Å². The molecule has 0 aliphatic carbocycles. The second-order valence-electron chi connectivity index (χ2n) is 5.76. The molecular weight excluding hydrogens is 322 g/mol. The average Bonchev–Trinajstić information content (AvgIpc) is 2.68. The third-order valence-electron chi connectivity index (χ3n) is 4.18. The van der Waals surface area contributed by atoms with E-state index in [1.165, 1.54) is 11.3 Å². The van der Waals surface area contributed by atoms with Gasteiger partial charge >= 0.3 is 0 Å². The molecule has 1 fully saturated rings. The topological polar surface area (TPSA) is 29.9 Å². The third kappa shape index (κ3) is 4.12. The van der Waals surface area contributed by atoms with Gasteiger partial charge in [0.05, 0.1) is 5.69 Å². The number of hydrogen-bond acceptors (Lipinski definition) is 4. The van der Waals surface area contributed by atoms with E-state index < -0.39 is 0 Å². The Bertz CT molecular complexity index is 478. The predicted molar refractivity (Wildman–Crippen MR) is 96.9 cm³/mol. The lowest BCUT2D eigenvalue weighted by atomic mass is 10.0. The summed E-state index contributed by atoms with van der Waals surface area (Å²) < 4.78 is 1.78. The molecule has 2 rings (SSSR count). The lowest BCUT2D eigenvalue weighted by molar-refractivity contribution is 0.519. The molecule has 0 spiro atoms. The Morgan fingerprint density at radius 1 is 1.43 bits per heavy atom. The Morgan fingerprint density at radius 2 is 2.14 bits per heavy atom. The van der Waals surface area contributed by atoms with Gasteiger partial charge in [0, 0.05) is 40.2 Å². The van der Waals surface area contributed by atoms with Gasteiger partial charge in [-0.15, -0.1) is 0 Å². The van der Waals surface area contributed by atoms with Crippen LogP contribution in [0.2, 0.25) is 5.15 Å². The summed E-state index contributed by atoms with van der Waals surface area (Å²) in [5, 5.41) is 11.0. The fourth-order valence-corrected chi connectivity index (χ4v) is 6.12. The van der Waals surface area contributed by atoms with Crippen LogP contribution in [0.4, 0.5) is 0 Å². The SMILES string of the molecule is CCNC(Cc1c(C)nn(C)c1Cl)C1CSC(C)C(C)S1. The van der Waals surface area contributed by atoms with E-state index in [1.807, 2.05) is 7.05 Å². The number of nitrogens with one attached hydrogen (secondary N) is 1. The molecule has 1 aromatic heterocycles. The maximum atomic E-state index is 6.41. The molecule has 3 nitrogen and oxygen atoms in total. The van der Waals surface area contributed by atoms with Gasteiger partial charge in [0.2, 0.25) is 0 Å². The Kier molecular flexibility index (Phi) is 6.36. The highest BCUT2D eigenvalue weighted by molar-refractivity contribution is 8.07. The van der Waals surface area contributed by atoms with E-state index in [-0.39, 0.29) is 0 Å². The van der Waals surface area contributed by atoms with Crippen LogP contribution < -0.4 is 5.32 Å². The van der Waals surface area contributed by atoms with Crippen LogP contribution in [0.1, 0.15) is 32.0 Å². The van der Waals surface area contributed by atoms with E-state index >= 15 is 0 Å². The van der Waals surface area contributed by atoms with Gasteiger partial charge in [-0.25, -0.2) is 0 Å². The van der Waals surface area contributed by atoms with Gasteiger partial charge in [-0.2, -0.15) is 28.6 Å². The number of rotatable bonds is 5. The summed E-state index contributed by atoms with van der Waals surface area (Å²) >= 11 is 10.6. The first kappa shape index (κ1) is 17.5. The smallest absolute Gasteiger partial charge is 0.130 e. The van der Waals surface area contributed by atoms with Gasteiger partial charge in [0.1, 0.15) is 5.15 Å². The van der Waals surface area contributed by atoms with E-state index in [4.69, 9.17) is 11.6 Å².